The Kier molecular flexibility index (Phi) is 3.40. The van der Waals surface area contributed by atoms with Crippen LogP contribution in [0, 0.1) is 11.3 Å². The molecule has 0 bridgehead atoms. The summed E-state index contributed by atoms with van der Waals surface area (Å²) in [5.74, 6) is 0.408. The quantitative estimate of drug-likeness (QED) is 0.333. The normalized spacial score (nSPS) is 14.4. The summed E-state index contributed by atoms with van der Waals surface area (Å²) in [5, 5.41) is 3.78. The molecular formula is C8H17N3. The summed E-state index contributed by atoms with van der Waals surface area (Å²) in [6.45, 7) is 10.4. The van der Waals surface area contributed by atoms with Crippen molar-refractivity contribution in [3.63, 3.8) is 0 Å². The van der Waals surface area contributed by atoms with Crippen molar-refractivity contribution in [2.24, 2.45) is 16.4 Å². The van der Waals surface area contributed by atoms with Crippen molar-refractivity contribution in [1.82, 2.24) is 0 Å². The fraction of sp³-hybridized carbons (Fsp3) is 1.00. The Hall–Kier alpha value is -0.690. The second-order valence-corrected chi connectivity index (χ2v) is 4.26. The van der Waals surface area contributed by atoms with Gasteiger partial charge in [0, 0.05) is 11.0 Å². The first-order chi connectivity index (χ1) is 4.89. The van der Waals surface area contributed by atoms with Gasteiger partial charge in [-0.05, 0) is 16.9 Å². The molecule has 0 radical (unpaired) electrons. The molecule has 0 spiro atoms. The Morgan fingerprint density at radius 2 is 1.73 bits per heavy atom. The topological polar surface area (TPSA) is 48.8 Å². The molecule has 0 N–H and O–H groups in total. The molecule has 3 heteroatoms. The lowest BCUT2D eigenvalue weighted by atomic mass is 9.81. The molecule has 0 saturated heterocycles. The van der Waals surface area contributed by atoms with Gasteiger partial charge in [-0.3, -0.25) is 0 Å². The van der Waals surface area contributed by atoms with Crippen molar-refractivity contribution in [3.05, 3.63) is 10.4 Å². The standard InChI is InChI=1S/C8H17N3/c1-6(2)7(10-11-9)8(3,4)5/h6-7H,1-5H3. The van der Waals surface area contributed by atoms with Crippen LogP contribution in [0.1, 0.15) is 34.6 Å². The third-order valence-corrected chi connectivity index (χ3v) is 1.69. The molecule has 3 nitrogen and oxygen atoms in total. The van der Waals surface area contributed by atoms with E-state index in [9.17, 15) is 0 Å². The number of azide groups is 1. The van der Waals surface area contributed by atoms with Gasteiger partial charge in [-0.15, -0.1) is 0 Å². The van der Waals surface area contributed by atoms with E-state index in [1.165, 1.54) is 0 Å². The maximum atomic E-state index is 8.31. The average Bonchev–Trinajstić information content (AvgIpc) is 1.79. The molecule has 0 aliphatic rings. The predicted molar refractivity (Wildman–Crippen MR) is 47.2 cm³/mol. The Morgan fingerprint density at radius 3 is 1.82 bits per heavy atom. The summed E-state index contributed by atoms with van der Waals surface area (Å²) in [6, 6.07) is 0.0903. The van der Waals surface area contributed by atoms with Crippen LogP contribution in [0.15, 0.2) is 5.11 Å². The third kappa shape index (κ3) is 3.28. The molecule has 0 amide bonds. The third-order valence-electron chi connectivity index (χ3n) is 1.69. The average molecular weight is 155 g/mol. The van der Waals surface area contributed by atoms with Crippen molar-refractivity contribution in [2.45, 2.75) is 40.7 Å². The monoisotopic (exact) mass is 155 g/mol. The highest BCUT2D eigenvalue weighted by Crippen LogP contribution is 2.27. The van der Waals surface area contributed by atoms with Gasteiger partial charge in [0.15, 0.2) is 0 Å². The molecule has 0 saturated carbocycles. The maximum Gasteiger partial charge on any atom is 0.0445 e. The lowest BCUT2D eigenvalue weighted by molar-refractivity contribution is 0.260. The number of rotatable bonds is 2. The van der Waals surface area contributed by atoms with Gasteiger partial charge >= 0.3 is 0 Å². The van der Waals surface area contributed by atoms with Crippen molar-refractivity contribution in [3.8, 4) is 0 Å². The lowest BCUT2D eigenvalue weighted by Gasteiger charge is -2.29. The van der Waals surface area contributed by atoms with Crippen molar-refractivity contribution >= 4 is 0 Å². The van der Waals surface area contributed by atoms with E-state index in [1.54, 1.807) is 0 Å². The molecule has 11 heavy (non-hydrogen) atoms. The van der Waals surface area contributed by atoms with Crippen molar-refractivity contribution in [2.75, 3.05) is 0 Å². The summed E-state index contributed by atoms with van der Waals surface area (Å²) < 4.78 is 0. The predicted octanol–water partition coefficient (Wildman–Crippen LogP) is 3.37. The number of hydrogen-bond donors (Lipinski definition) is 0. The van der Waals surface area contributed by atoms with Crippen LogP contribution in [0.4, 0.5) is 0 Å². The van der Waals surface area contributed by atoms with Crippen LogP contribution in [-0.4, -0.2) is 6.04 Å². The van der Waals surface area contributed by atoms with Crippen LogP contribution in [0.2, 0.25) is 0 Å². The molecule has 0 heterocycles. The molecule has 0 aliphatic heterocycles. The van der Waals surface area contributed by atoms with Gasteiger partial charge in [0.2, 0.25) is 0 Å². The van der Waals surface area contributed by atoms with Crippen LogP contribution in [0.5, 0.6) is 0 Å². The smallest absolute Gasteiger partial charge is 0.0445 e. The van der Waals surface area contributed by atoms with Gasteiger partial charge in [0.25, 0.3) is 0 Å². The molecular weight excluding hydrogens is 138 g/mol. The van der Waals surface area contributed by atoms with Gasteiger partial charge in [-0.1, -0.05) is 39.7 Å². The molecule has 0 aromatic rings. The SMILES string of the molecule is CC(C)C(N=[N+]=[N-])C(C)(C)C. The second-order valence-electron chi connectivity index (χ2n) is 4.26. The number of nitrogens with zero attached hydrogens (tertiary/aromatic N) is 3. The first-order valence-corrected chi connectivity index (χ1v) is 3.93. The first kappa shape index (κ1) is 10.3. The fourth-order valence-corrected chi connectivity index (χ4v) is 1.36. The molecule has 0 fully saturated rings. The Balaban J connectivity index is 4.47. The molecule has 0 aliphatic carbocycles. The minimum absolute atomic E-state index is 0.0698. The van der Waals surface area contributed by atoms with Crippen LogP contribution in [-0.2, 0) is 0 Å². The number of hydrogen-bond acceptors (Lipinski definition) is 1. The van der Waals surface area contributed by atoms with Crippen molar-refractivity contribution in [1.29, 1.82) is 0 Å². The van der Waals surface area contributed by atoms with E-state index >= 15 is 0 Å². The van der Waals surface area contributed by atoms with Gasteiger partial charge in [0.1, 0.15) is 0 Å². The summed E-state index contributed by atoms with van der Waals surface area (Å²) >= 11 is 0. The van der Waals surface area contributed by atoms with E-state index in [2.05, 4.69) is 44.6 Å². The molecule has 0 aromatic carbocycles. The zero-order valence-electron chi connectivity index (χ0n) is 8.00. The van der Waals surface area contributed by atoms with Gasteiger partial charge in [-0.2, -0.15) is 0 Å². The van der Waals surface area contributed by atoms with E-state index in [1.807, 2.05) is 0 Å². The van der Waals surface area contributed by atoms with Crippen LogP contribution >= 0.6 is 0 Å². The summed E-state index contributed by atoms with van der Waals surface area (Å²) in [6.07, 6.45) is 0. The Morgan fingerprint density at radius 1 is 1.27 bits per heavy atom. The lowest BCUT2D eigenvalue weighted by Crippen LogP contribution is -2.28. The zero-order valence-corrected chi connectivity index (χ0v) is 8.00. The van der Waals surface area contributed by atoms with E-state index < -0.39 is 0 Å². The highest BCUT2D eigenvalue weighted by atomic mass is 15.2. The molecule has 1 atom stereocenters. The zero-order chi connectivity index (χ0) is 9.07. The summed E-state index contributed by atoms with van der Waals surface area (Å²) in [4.78, 5) is 2.85. The van der Waals surface area contributed by atoms with Crippen LogP contribution in [0.25, 0.3) is 10.4 Å². The Bertz CT molecular complexity index is 161. The van der Waals surface area contributed by atoms with Crippen LogP contribution < -0.4 is 0 Å². The molecule has 64 valence electrons. The van der Waals surface area contributed by atoms with E-state index in [0.29, 0.717) is 5.92 Å². The summed E-state index contributed by atoms with van der Waals surface area (Å²) in [7, 11) is 0. The van der Waals surface area contributed by atoms with Crippen LogP contribution in [0.3, 0.4) is 0 Å². The maximum absolute atomic E-state index is 8.31. The minimum atomic E-state index is 0.0698. The first-order valence-electron chi connectivity index (χ1n) is 3.93. The molecule has 0 rings (SSSR count). The second kappa shape index (κ2) is 3.63. The van der Waals surface area contributed by atoms with Gasteiger partial charge in [0.05, 0.1) is 0 Å². The highest BCUT2D eigenvalue weighted by Gasteiger charge is 2.25. The van der Waals surface area contributed by atoms with E-state index in [-0.39, 0.29) is 11.5 Å². The van der Waals surface area contributed by atoms with Gasteiger partial charge in [-0.25, -0.2) is 0 Å². The van der Waals surface area contributed by atoms with E-state index in [0.717, 1.165) is 0 Å². The summed E-state index contributed by atoms with van der Waals surface area (Å²) in [5.41, 5.74) is 8.38. The van der Waals surface area contributed by atoms with Crippen molar-refractivity contribution < 1.29 is 0 Å². The minimum Gasteiger partial charge on any atom is -0.0898 e. The van der Waals surface area contributed by atoms with E-state index in [4.69, 9.17) is 5.53 Å². The Labute approximate surface area is 68.4 Å². The highest BCUT2D eigenvalue weighted by molar-refractivity contribution is 4.82. The molecule has 1 unspecified atom stereocenters. The van der Waals surface area contributed by atoms with Gasteiger partial charge < -0.3 is 0 Å². The largest absolute Gasteiger partial charge is 0.0898 e. The molecule has 0 aromatic heterocycles. The fourth-order valence-electron chi connectivity index (χ4n) is 1.36.